The zero-order valence-corrected chi connectivity index (χ0v) is 13.7. The maximum atomic E-state index is 13.4. The molecule has 2 aromatic carbocycles. The molecule has 2 aromatic rings. The van der Waals surface area contributed by atoms with Gasteiger partial charge in [-0.2, -0.15) is 0 Å². The lowest BCUT2D eigenvalue weighted by molar-refractivity contribution is 0.589. The van der Waals surface area contributed by atoms with Gasteiger partial charge in [0.1, 0.15) is 5.82 Å². The molecule has 0 amide bonds. The van der Waals surface area contributed by atoms with Crippen LogP contribution in [0.25, 0.3) is 11.1 Å². The SMILES string of the molecule is Cc1cc(F)cc(C)c1-c1ccc(CNC(C)C)c(Cl)c1. The largest absolute Gasteiger partial charge is 0.310 e. The van der Waals surface area contributed by atoms with E-state index in [-0.39, 0.29) is 5.82 Å². The Balaban J connectivity index is 2.36. The van der Waals surface area contributed by atoms with Crippen molar-refractivity contribution in [1.29, 1.82) is 0 Å². The second kappa shape index (κ2) is 6.59. The van der Waals surface area contributed by atoms with Gasteiger partial charge in [0.05, 0.1) is 0 Å². The van der Waals surface area contributed by atoms with Crippen LogP contribution in [0.3, 0.4) is 0 Å². The van der Waals surface area contributed by atoms with Gasteiger partial charge in [-0.15, -0.1) is 0 Å². The average Bonchev–Trinajstić information content (AvgIpc) is 2.36. The second-order valence-corrected chi connectivity index (χ2v) is 6.16. The Bertz CT molecular complexity index is 627. The van der Waals surface area contributed by atoms with E-state index in [2.05, 4.69) is 25.2 Å². The normalized spacial score (nSPS) is 11.2. The van der Waals surface area contributed by atoms with E-state index < -0.39 is 0 Å². The first-order chi connectivity index (χ1) is 9.88. The highest BCUT2D eigenvalue weighted by atomic mass is 35.5. The lowest BCUT2D eigenvalue weighted by Crippen LogP contribution is -2.21. The Kier molecular flexibility index (Phi) is 5.02. The molecule has 0 aliphatic heterocycles. The van der Waals surface area contributed by atoms with Crippen molar-refractivity contribution in [2.45, 2.75) is 40.3 Å². The molecule has 0 bridgehead atoms. The lowest BCUT2D eigenvalue weighted by Gasteiger charge is -2.14. The predicted octanol–water partition coefficient (Wildman–Crippen LogP) is 5.26. The van der Waals surface area contributed by atoms with E-state index in [1.807, 2.05) is 26.0 Å². The van der Waals surface area contributed by atoms with E-state index in [0.717, 1.165) is 39.4 Å². The standard InChI is InChI=1S/C18H21ClFN/c1-11(2)21-10-15-6-5-14(9-17(15)19)18-12(3)7-16(20)8-13(18)4/h5-9,11,21H,10H2,1-4H3. The van der Waals surface area contributed by atoms with Crippen molar-refractivity contribution in [1.82, 2.24) is 5.32 Å². The quantitative estimate of drug-likeness (QED) is 0.812. The number of benzene rings is 2. The summed E-state index contributed by atoms with van der Waals surface area (Å²) >= 11 is 6.38. The van der Waals surface area contributed by atoms with E-state index in [0.29, 0.717) is 6.04 Å². The van der Waals surface area contributed by atoms with Crippen molar-refractivity contribution in [2.24, 2.45) is 0 Å². The number of hydrogen-bond acceptors (Lipinski definition) is 1. The van der Waals surface area contributed by atoms with Crippen LogP contribution in [-0.2, 0) is 6.54 Å². The molecule has 0 saturated heterocycles. The minimum Gasteiger partial charge on any atom is -0.310 e. The smallest absolute Gasteiger partial charge is 0.123 e. The molecule has 0 fully saturated rings. The Labute approximate surface area is 131 Å². The minimum atomic E-state index is -0.197. The molecule has 0 aliphatic rings. The third kappa shape index (κ3) is 3.84. The average molecular weight is 306 g/mol. The fraction of sp³-hybridized carbons (Fsp3) is 0.333. The van der Waals surface area contributed by atoms with Crippen LogP contribution in [0.4, 0.5) is 4.39 Å². The van der Waals surface area contributed by atoms with E-state index in [9.17, 15) is 4.39 Å². The highest BCUT2D eigenvalue weighted by Crippen LogP contribution is 2.31. The third-order valence-electron chi connectivity index (χ3n) is 3.54. The van der Waals surface area contributed by atoms with Gasteiger partial charge in [0.25, 0.3) is 0 Å². The lowest BCUT2D eigenvalue weighted by atomic mass is 9.95. The minimum absolute atomic E-state index is 0.197. The summed E-state index contributed by atoms with van der Waals surface area (Å²) in [6.07, 6.45) is 0. The number of nitrogens with one attached hydrogen (secondary N) is 1. The predicted molar refractivity (Wildman–Crippen MR) is 88.3 cm³/mol. The molecule has 2 rings (SSSR count). The Hall–Kier alpha value is -1.38. The first kappa shape index (κ1) is 16.0. The summed E-state index contributed by atoms with van der Waals surface area (Å²) < 4.78 is 13.4. The van der Waals surface area contributed by atoms with Crippen LogP contribution < -0.4 is 5.32 Å². The summed E-state index contributed by atoms with van der Waals surface area (Å²) in [6.45, 7) is 8.81. The molecule has 0 radical (unpaired) electrons. The van der Waals surface area contributed by atoms with E-state index >= 15 is 0 Å². The van der Waals surface area contributed by atoms with Gasteiger partial charge in [-0.05, 0) is 59.9 Å². The fourth-order valence-electron chi connectivity index (χ4n) is 2.53. The first-order valence-corrected chi connectivity index (χ1v) is 7.55. The van der Waals surface area contributed by atoms with Crippen molar-refractivity contribution in [3.05, 3.63) is 57.9 Å². The molecule has 0 heterocycles. The molecular weight excluding hydrogens is 285 g/mol. The summed E-state index contributed by atoms with van der Waals surface area (Å²) in [5.41, 5.74) is 5.02. The van der Waals surface area contributed by atoms with Gasteiger partial charge < -0.3 is 5.32 Å². The zero-order valence-electron chi connectivity index (χ0n) is 12.9. The monoisotopic (exact) mass is 305 g/mol. The number of rotatable bonds is 4. The second-order valence-electron chi connectivity index (χ2n) is 5.76. The van der Waals surface area contributed by atoms with Crippen LogP contribution in [0.5, 0.6) is 0 Å². The Morgan fingerprint density at radius 2 is 1.71 bits per heavy atom. The van der Waals surface area contributed by atoms with Crippen LogP contribution in [-0.4, -0.2) is 6.04 Å². The van der Waals surface area contributed by atoms with Crippen LogP contribution in [0.2, 0.25) is 5.02 Å². The van der Waals surface area contributed by atoms with Gasteiger partial charge in [0, 0.05) is 17.6 Å². The molecule has 3 heteroatoms. The van der Waals surface area contributed by atoms with Crippen molar-refractivity contribution in [2.75, 3.05) is 0 Å². The molecule has 0 atom stereocenters. The molecule has 0 unspecified atom stereocenters. The third-order valence-corrected chi connectivity index (χ3v) is 3.89. The molecule has 21 heavy (non-hydrogen) atoms. The molecular formula is C18H21ClFN. The van der Waals surface area contributed by atoms with Crippen molar-refractivity contribution < 1.29 is 4.39 Å². The van der Waals surface area contributed by atoms with Gasteiger partial charge in [0.15, 0.2) is 0 Å². The molecule has 0 aromatic heterocycles. The zero-order chi connectivity index (χ0) is 15.6. The van der Waals surface area contributed by atoms with E-state index in [4.69, 9.17) is 11.6 Å². The Morgan fingerprint density at radius 3 is 2.24 bits per heavy atom. The molecule has 1 N–H and O–H groups in total. The van der Waals surface area contributed by atoms with Crippen molar-refractivity contribution in [3.63, 3.8) is 0 Å². The maximum Gasteiger partial charge on any atom is 0.123 e. The molecule has 1 nitrogen and oxygen atoms in total. The number of aryl methyl sites for hydroxylation is 2. The van der Waals surface area contributed by atoms with Crippen molar-refractivity contribution >= 4 is 11.6 Å². The highest BCUT2D eigenvalue weighted by Gasteiger charge is 2.10. The maximum absolute atomic E-state index is 13.4. The fourth-order valence-corrected chi connectivity index (χ4v) is 2.77. The van der Waals surface area contributed by atoms with Gasteiger partial charge in [-0.3, -0.25) is 0 Å². The van der Waals surface area contributed by atoms with E-state index in [1.54, 1.807) is 12.1 Å². The highest BCUT2D eigenvalue weighted by molar-refractivity contribution is 6.31. The summed E-state index contributed by atoms with van der Waals surface area (Å²) in [6, 6.07) is 9.59. The number of halogens is 2. The molecule has 0 spiro atoms. The van der Waals surface area contributed by atoms with Gasteiger partial charge in [-0.1, -0.05) is 37.6 Å². The number of hydrogen-bond donors (Lipinski definition) is 1. The molecule has 0 saturated carbocycles. The summed E-state index contributed by atoms with van der Waals surface area (Å²) in [5, 5.41) is 4.10. The van der Waals surface area contributed by atoms with E-state index in [1.165, 1.54) is 0 Å². The Morgan fingerprint density at radius 1 is 1.10 bits per heavy atom. The van der Waals surface area contributed by atoms with Gasteiger partial charge in [0.2, 0.25) is 0 Å². The summed E-state index contributed by atoms with van der Waals surface area (Å²) in [7, 11) is 0. The van der Waals surface area contributed by atoms with Gasteiger partial charge in [-0.25, -0.2) is 4.39 Å². The van der Waals surface area contributed by atoms with Crippen LogP contribution in [0.1, 0.15) is 30.5 Å². The van der Waals surface area contributed by atoms with Crippen LogP contribution in [0, 0.1) is 19.7 Å². The first-order valence-electron chi connectivity index (χ1n) is 7.17. The summed E-state index contributed by atoms with van der Waals surface area (Å²) in [4.78, 5) is 0. The molecule has 0 aliphatic carbocycles. The molecule has 112 valence electrons. The van der Waals surface area contributed by atoms with Gasteiger partial charge >= 0.3 is 0 Å². The topological polar surface area (TPSA) is 12.0 Å². The van der Waals surface area contributed by atoms with Crippen LogP contribution in [0.15, 0.2) is 30.3 Å². The van der Waals surface area contributed by atoms with Crippen molar-refractivity contribution in [3.8, 4) is 11.1 Å². The van der Waals surface area contributed by atoms with Crippen LogP contribution >= 0.6 is 11.6 Å². The summed E-state index contributed by atoms with van der Waals surface area (Å²) in [5.74, 6) is -0.197.